The van der Waals surface area contributed by atoms with E-state index in [9.17, 15) is 4.79 Å². The average molecular weight is 386 g/mol. The summed E-state index contributed by atoms with van der Waals surface area (Å²) in [4.78, 5) is 23.5. The molecular weight excluding hydrogens is 368 g/mol. The first-order valence-electron chi connectivity index (χ1n) is 9.15. The zero-order valence-electron chi connectivity index (χ0n) is 15.0. The summed E-state index contributed by atoms with van der Waals surface area (Å²) in [6.07, 6.45) is 5.05. The fourth-order valence-corrected chi connectivity index (χ4v) is 4.23. The third-order valence-electron chi connectivity index (χ3n) is 4.91. The molecule has 3 aromatic heterocycles. The lowest BCUT2D eigenvalue weighted by atomic mass is 10.1. The van der Waals surface area contributed by atoms with Crippen LogP contribution in [0.3, 0.4) is 0 Å². The Morgan fingerprint density at radius 1 is 0.964 bits per heavy atom. The van der Waals surface area contributed by atoms with Gasteiger partial charge in [-0.1, -0.05) is 36.4 Å². The maximum atomic E-state index is 12.4. The van der Waals surface area contributed by atoms with Crippen LogP contribution in [-0.2, 0) is 11.2 Å². The molecule has 0 atom stereocenters. The smallest absolute Gasteiger partial charge is 0.226 e. The van der Waals surface area contributed by atoms with Gasteiger partial charge in [-0.05, 0) is 24.1 Å². The molecule has 0 radical (unpaired) electrons. The lowest BCUT2D eigenvalue weighted by Crippen LogP contribution is -2.12. The van der Waals surface area contributed by atoms with Crippen LogP contribution in [0.15, 0.2) is 66.3 Å². The van der Waals surface area contributed by atoms with Gasteiger partial charge in [-0.15, -0.1) is 11.3 Å². The molecule has 28 heavy (non-hydrogen) atoms. The van der Waals surface area contributed by atoms with E-state index in [2.05, 4.69) is 32.4 Å². The van der Waals surface area contributed by atoms with Crippen LogP contribution >= 0.6 is 11.3 Å². The summed E-state index contributed by atoms with van der Waals surface area (Å²) in [6, 6.07) is 16.3. The van der Waals surface area contributed by atoms with Gasteiger partial charge in [0.05, 0.1) is 5.69 Å². The maximum Gasteiger partial charge on any atom is 0.226 e. The van der Waals surface area contributed by atoms with E-state index in [1.165, 1.54) is 16.7 Å². The molecule has 6 heteroatoms. The molecule has 1 amide bonds. The molecule has 0 saturated carbocycles. The van der Waals surface area contributed by atoms with Crippen molar-refractivity contribution in [1.82, 2.24) is 15.0 Å². The summed E-state index contributed by atoms with van der Waals surface area (Å²) in [7, 11) is 0. The number of benzene rings is 2. The van der Waals surface area contributed by atoms with Crippen molar-refractivity contribution in [3.63, 3.8) is 0 Å². The average Bonchev–Trinajstić information content (AvgIpc) is 3.44. The summed E-state index contributed by atoms with van der Waals surface area (Å²) in [5, 5.41) is 7.84. The van der Waals surface area contributed by atoms with E-state index in [0.717, 1.165) is 33.2 Å². The third kappa shape index (κ3) is 3.08. The van der Waals surface area contributed by atoms with Crippen molar-refractivity contribution in [2.75, 3.05) is 5.32 Å². The van der Waals surface area contributed by atoms with Gasteiger partial charge in [0.15, 0.2) is 5.13 Å². The number of nitrogens with one attached hydrogen (secondary N) is 3. The predicted molar refractivity (Wildman–Crippen MR) is 115 cm³/mol. The van der Waals surface area contributed by atoms with Gasteiger partial charge < -0.3 is 15.3 Å². The molecule has 0 spiro atoms. The van der Waals surface area contributed by atoms with Gasteiger partial charge in [0.2, 0.25) is 5.91 Å². The number of nitrogens with zero attached hydrogens (tertiary/aromatic N) is 1. The Hall–Kier alpha value is -3.38. The number of fused-ring (bicyclic) bond motifs is 2. The number of anilines is 1. The molecule has 0 unspecified atom stereocenters. The summed E-state index contributed by atoms with van der Waals surface area (Å²) in [5.41, 5.74) is 5.25. The molecule has 0 aliphatic carbocycles. The molecule has 2 aromatic carbocycles. The summed E-state index contributed by atoms with van der Waals surface area (Å²) in [6.45, 7) is 0. The fourth-order valence-electron chi connectivity index (χ4n) is 3.51. The van der Waals surface area contributed by atoms with Gasteiger partial charge in [0, 0.05) is 51.6 Å². The summed E-state index contributed by atoms with van der Waals surface area (Å²) >= 11 is 1.45. The first kappa shape index (κ1) is 16.8. The van der Waals surface area contributed by atoms with E-state index in [4.69, 9.17) is 0 Å². The third-order valence-corrected chi connectivity index (χ3v) is 5.67. The van der Waals surface area contributed by atoms with Gasteiger partial charge in [-0.2, -0.15) is 0 Å². The second-order valence-electron chi connectivity index (χ2n) is 6.69. The van der Waals surface area contributed by atoms with E-state index < -0.39 is 0 Å². The van der Waals surface area contributed by atoms with Crippen molar-refractivity contribution in [3.05, 3.63) is 71.9 Å². The fraction of sp³-hybridized carbons (Fsp3) is 0.0909. The minimum atomic E-state index is -0.0230. The molecule has 5 rings (SSSR count). The molecule has 0 fully saturated rings. The number of carbonyl (C=O) groups is 1. The number of para-hydroxylation sites is 2. The van der Waals surface area contributed by atoms with Crippen LogP contribution in [0.4, 0.5) is 5.13 Å². The number of aromatic nitrogens is 3. The SMILES string of the molecule is O=C(CCc1c[nH]c2ccccc12)Nc1nc(-c2c[nH]c3ccccc23)cs1. The highest BCUT2D eigenvalue weighted by Crippen LogP contribution is 2.31. The molecular formula is C22H18N4OS. The Balaban J connectivity index is 1.27. The number of H-pyrrole nitrogens is 2. The molecule has 3 heterocycles. The number of hydrogen-bond acceptors (Lipinski definition) is 3. The van der Waals surface area contributed by atoms with Crippen LogP contribution in [0, 0.1) is 0 Å². The Morgan fingerprint density at radius 2 is 1.68 bits per heavy atom. The van der Waals surface area contributed by atoms with Crippen molar-refractivity contribution in [1.29, 1.82) is 0 Å². The van der Waals surface area contributed by atoms with E-state index in [0.29, 0.717) is 18.0 Å². The number of rotatable bonds is 5. The van der Waals surface area contributed by atoms with Crippen molar-refractivity contribution in [2.45, 2.75) is 12.8 Å². The van der Waals surface area contributed by atoms with Crippen molar-refractivity contribution in [3.8, 4) is 11.3 Å². The van der Waals surface area contributed by atoms with Gasteiger partial charge in [-0.3, -0.25) is 4.79 Å². The highest BCUT2D eigenvalue weighted by atomic mass is 32.1. The summed E-state index contributed by atoms with van der Waals surface area (Å²) in [5.74, 6) is -0.0230. The number of thiazole rings is 1. The second-order valence-corrected chi connectivity index (χ2v) is 7.55. The topological polar surface area (TPSA) is 73.6 Å². The molecule has 0 aliphatic rings. The normalized spacial score (nSPS) is 11.3. The first-order valence-corrected chi connectivity index (χ1v) is 10.0. The number of carbonyl (C=O) groups excluding carboxylic acids is 1. The first-order chi connectivity index (χ1) is 13.8. The van der Waals surface area contributed by atoms with Gasteiger partial charge >= 0.3 is 0 Å². The van der Waals surface area contributed by atoms with Crippen LogP contribution in [0.25, 0.3) is 33.1 Å². The number of amides is 1. The van der Waals surface area contributed by atoms with E-state index in [-0.39, 0.29) is 5.91 Å². The highest BCUT2D eigenvalue weighted by Gasteiger charge is 2.12. The predicted octanol–water partition coefficient (Wildman–Crippen LogP) is 5.34. The molecule has 5 nitrogen and oxygen atoms in total. The Kier molecular flexibility index (Phi) is 4.18. The largest absolute Gasteiger partial charge is 0.361 e. The number of aromatic amines is 2. The monoisotopic (exact) mass is 386 g/mol. The number of aryl methyl sites for hydroxylation is 1. The molecule has 138 valence electrons. The zero-order chi connectivity index (χ0) is 18.9. The van der Waals surface area contributed by atoms with E-state index in [1.54, 1.807) is 0 Å². The van der Waals surface area contributed by atoms with E-state index >= 15 is 0 Å². The number of hydrogen-bond donors (Lipinski definition) is 3. The van der Waals surface area contributed by atoms with Crippen LogP contribution in [0.2, 0.25) is 0 Å². The quantitative estimate of drug-likeness (QED) is 0.381. The maximum absolute atomic E-state index is 12.4. The molecule has 0 bridgehead atoms. The van der Waals surface area contributed by atoms with Crippen molar-refractivity contribution >= 4 is 44.2 Å². The van der Waals surface area contributed by atoms with E-state index in [1.807, 2.05) is 54.2 Å². The van der Waals surface area contributed by atoms with Crippen molar-refractivity contribution in [2.24, 2.45) is 0 Å². The molecule has 0 aliphatic heterocycles. The van der Waals surface area contributed by atoms with Crippen LogP contribution in [0.5, 0.6) is 0 Å². The lowest BCUT2D eigenvalue weighted by Gasteiger charge is -2.01. The lowest BCUT2D eigenvalue weighted by molar-refractivity contribution is -0.116. The Labute approximate surface area is 165 Å². The molecule has 0 saturated heterocycles. The van der Waals surface area contributed by atoms with Crippen LogP contribution in [0.1, 0.15) is 12.0 Å². The van der Waals surface area contributed by atoms with Gasteiger partial charge in [0.25, 0.3) is 0 Å². The Bertz CT molecular complexity index is 1280. The highest BCUT2D eigenvalue weighted by molar-refractivity contribution is 7.14. The standard InChI is InChI=1S/C22H18N4OS/c27-21(10-9-14-11-23-18-7-3-1-5-15(14)18)26-22-25-20(13-28-22)17-12-24-19-8-4-2-6-16(17)19/h1-8,11-13,23-24H,9-10H2,(H,25,26,27). The zero-order valence-corrected chi connectivity index (χ0v) is 15.8. The minimum Gasteiger partial charge on any atom is -0.361 e. The minimum absolute atomic E-state index is 0.0230. The van der Waals surface area contributed by atoms with Gasteiger partial charge in [-0.25, -0.2) is 4.98 Å². The van der Waals surface area contributed by atoms with Crippen molar-refractivity contribution < 1.29 is 4.79 Å². The van der Waals surface area contributed by atoms with Crippen LogP contribution in [-0.4, -0.2) is 20.9 Å². The molecule has 3 N–H and O–H groups in total. The summed E-state index contributed by atoms with van der Waals surface area (Å²) < 4.78 is 0. The van der Waals surface area contributed by atoms with Gasteiger partial charge in [0.1, 0.15) is 0 Å². The Morgan fingerprint density at radius 3 is 2.54 bits per heavy atom. The second kappa shape index (κ2) is 6.98. The van der Waals surface area contributed by atoms with Crippen LogP contribution < -0.4 is 5.32 Å². The molecule has 5 aromatic rings.